The number of carbonyl (C=O) groups excluding carboxylic acids is 1. The number of aliphatic carboxylic acids is 1. The molecule has 6 nitrogen and oxygen atoms in total. The molecule has 2 unspecified atom stereocenters. The van der Waals surface area contributed by atoms with Crippen molar-refractivity contribution in [1.29, 1.82) is 0 Å². The van der Waals surface area contributed by atoms with Crippen molar-refractivity contribution in [2.45, 2.75) is 25.0 Å². The molecule has 2 aliphatic rings. The maximum absolute atomic E-state index is 11.6. The van der Waals surface area contributed by atoms with E-state index in [2.05, 4.69) is 4.90 Å². The summed E-state index contributed by atoms with van der Waals surface area (Å²) in [5.74, 6) is -0.991. The van der Waals surface area contributed by atoms with Crippen LogP contribution in [0.15, 0.2) is 0 Å². The summed E-state index contributed by atoms with van der Waals surface area (Å²) in [6, 6.07) is -0.668. The topological polar surface area (TPSA) is 70.1 Å². The Morgan fingerprint density at radius 3 is 3.00 bits per heavy atom. The average molecular weight is 242 g/mol. The second-order valence-electron chi connectivity index (χ2n) is 4.69. The molecule has 17 heavy (non-hydrogen) atoms. The number of likely N-dealkylation sites (tertiary alicyclic amines) is 1. The number of hydrogen-bond acceptors (Lipinski definition) is 4. The molecule has 0 aromatic heterocycles. The summed E-state index contributed by atoms with van der Waals surface area (Å²) in [5, 5.41) is 9.04. The quantitative estimate of drug-likeness (QED) is 0.715. The number of hydrogen-bond donors (Lipinski definition) is 1. The van der Waals surface area contributed by atoms with Crippen LogP contribution in [0.25, 0.3) is 0 Å². The van der Waals surface area contributed by atoms with Crippen LogP contribution in [-0.4, -0.2) is 72.2 Å². The summed E-state index contributed by atoms with van der Waals surface area (Å²) < 4.78 is 5.56. The summed E-state index contributed by atoms with van der Waals surface area (Å²) in [7, 11) is 2.00. The number of carbonyl (C=O) groups is 2. The number of nitrogens with zero attached hydrogens (tertiary/aromatic N) is 2. The Balaban J connectivity index is 1.96. The van der Waals surface area contributed by atoms with E-state index >= 15 is 0 Å². The van der Waals surface area contributed by atoms with Crippen molar-refractivity contribution >= 4 is 11.9 Å². The van der Waals surface area contributed by atoms with E-state index in [1.807, 2.05) is 7.05 Å². The van der Waals surface area contributed by atoms with Gasteiger partial charge in [-0.25, -0.2) is 4.79 Å². The van der Waals surface area contributed by atoms with Crippen molar-refractivity contribution < 1.29 is 19.4 Å². The third-order valence-corrected chi connectivity index (χ3v) is 3.36. The van der Waals surface area contributed by atoms with Gasteiger partial charge < -0.3 is 19.6 Å². The lowest BCUT2D eigenvalue weighted by molar-refractivity contribution is -0.148. The summed E-state index contributed by atoms with van der Waals surface area (Å²) in [4.78, 5) is 26.2. The first-order valence-electron chi connectivity index (χ1n) is 5.90. The van der Waals surface area contributed by atoms with Gasteiger partial charge in [0.2, 0.25) is 5.91 Å². The van der Waals surface area contributed by atoms with Gasteiger partial charge in [-0.05, 0) is 13.5 Å². The SMILES string of the molecule is CN1CCOC(CN2C(=O)CCC2C(=O)O)C1. The fourth-order valence-electron chi connectivity index (χ4n) is 2.42. The molecule has 2 aliphatic heterocycles. The van der Waals surface area contributed by atoms with Gasteiger partial charge in [0.15, 0.2) is 0 Å². The predicted molar refractivity (Wildman–Crippen MR) is 59.6 cm³/mol. The normalized spacial score (nSPS) is 30.9. The van der Waals surface area contributed by atoms with Crippen LogP contribution < -0.4 is 0 Å². The number of ether oxygens (including phenoxy) is 1. The summed E-state index contributed by atoms with van der Waals surface area (Å²) in [6.45, 7) is 2.66. The van der Waals surface area contributed by atoms with Crippen LogP contribution >= 0.6 is 0 Å². The van der Waals surface area contributed by atoms with Gasteiger partial charge in [0.05, 0.1) is 12.7 Å². The Morgan fingerprint density at radius 2 is 2.35 bits per heavy atom. The molecule has 0 saturated carbocycles. The van der Waals surface area contributed by atoms with Gasteiger partial charge in [-0.15, -0.1) is 0 Å². The molecule has 0 aromatic rings. The van der Waals surface area contributed by atoms with Crippen molar-refractivity contribution in [2.24, 2.45) is 0 Å². The Morgan fingerprint density at radius 1 is 1.59 bits per heavy atom. The summed E-state index contributed by atoms with van der Waals surface area (Å²) in [6.07, 6.45) is 0.675. The highest BCUT2D eigenvalue weighted by molar-refractivity contribution is 5.87. The van der Waals surface area contributed by atoms with Crippen LogP contribution in [-0.2, 0) is 14.3 Å². The van der Waals surface area contributed by atoms with Gasteiger partial charge in [-0.1, -0.05) is 0 Å². The number of likely N-dealkylation sites (N-methyl/N-ethyl adjacent to an activating group) is 1. The molecule has 2 fully saturated rings. The maximum Gasteiger partial charge on any atom is 0.326 e. The molecule has 0 aromatic carbocycles. The molecular weight excluding hydrogens is 224 g/mol. The van der Waals surface area contributed by atoms with E-state index in [9.17, 15) is 9.59 Å². The standard InChI is InChI=1S/C11H18N2O4/c1-12-4-5-17-8(6-12)7-13-9(11(15)16)2-3-10(13)14/h8-9H,2-7H2,1H3,(H,15,16). The van der Waals surface area contributed by atoms with E-state index in [1.54, 1.807) is 0 Å². The molecule has 2 atom stereocenters. The highest BCUT2D eigenvalue weighted by Crippen LogP contribution is 2.20. The number of carboxylic acid groups (broad SMARTS) is 1. The van der Waals surface area contributed by atoms with Crippen molar-refractivity contribution in [3.05, 3.63) is 0 Å². The minimum atomic E-state index is -0.917. The van der Waals surface area contributed by atoms with E-state index in [1.165, 1.54) is 4.90 Å². The molecule has 96 valence electrons. The van der Waals surface area contributed by atoms with Gasteiger partial charge in [0, 0.05) is 26.1 Å². The Labute approximate surface area is 100 Å². The van der Waals surface area contributed by atoms with Crippen LogP contribution in [0.2, 0.25) is 0 Å². The van der Waals surface area contributed by atoms with Gasteiger partial charge in [-0.2, -0.15) is 0 Å². The molecule has 1 N–H and O–H groups in total. The lowest BCUT2D eigenvalue weighted by atomic mass is 10.2. The molecule has 2 rings (SSSR count). The molecule has 1 amide bonds. The zero-order valence-corrected chi connectivity index (χ0v) is 9.96. The second-order valence-corrected chi connectivity index (χ2v) is 4.69. The zero-order valence-electron chi connectivity index (χ0n) is 9.96. The lowest BCUT2D eigenvalue weighted by Crippen LogP contribution is -2.49. The van der Waals surface area contributed by atoms with E-state index < -0.39 is 12.0 Å². The van der Waals surface area contributed by atoms with Crippen molar-refractivity contribution in [1.82, 2.24) is 9.80 Å². The largest absolute Gasteiger partial charge is 0.480 e. The van der Waals surface area contributed by atoms with Crippen LogP contribution in [0.3, 0.4) is 0 Å². The molecule has 2 heterocycles. The second kappa shape index (κ2) is 5.01. The van der Waals surface area contributed by atoms with Crippen molar-refractivity contribution in [3.63, 3.8) is 0 Å². The van der Waals surface area contributed by atoms with Crippen LogP contribution in [0.5, 0.6) is 0 Å². The van der Waals surface area contributed by atoms with Crippen molar-refractivity contribution in [2.75, 3.05) is 33.3 Å². The number of amides is 1. The Bertz CT molecular complexity index is 321. The van der Waals surface area contributed by atoms with E-state index in [0.717, 1.165) is 13.1 Å². The number of rotatable bonds is 3. The molecule has 0 spiro atoms. The minimum Gasteiger partial charge on any atom is -0.480 e. The van der Waals surface area contributed by atoms with Gasteiger partial charge in [0.1, 0.15) is 6.04 Å². The first-order valence-corrected chi connectivity index (χ1v) is 5.90. The molecular formula is C11H18N2O4. The smallest absolute Gasteiger partial charge is 0.326 e. The number of morpholine rings is 1. The molecule has 0 bridgehead atoms. The predicted octanol–water partition coefficient (Wildman–Crippen LogP) is -0.607. The highest BCUT2D eigenvalue weighted by Gasteiger charge is 2.37. The molecule has 0 radical (unpaired) electrons. The van der Waals surface area contributed by atoms with E-state index in [4.69, 9.17) is 9.84 Å². The lowest BCUT2D eigenvalue weighted by Gasteiger charge is -2.33. The summed E-state index contributed by atoms with van der Waals surface area (Å²) >= 11 is 0. The third kappa shape index (κ3) is 2.76. The first-order chi connectivity index (χ1) is 8.08. The monoisotopic (exact) mass is 242 g/mol. The zero-order chi connectivity index (χ0) is 12.4. The van der Waals surface area contributed by atoms with Crippen molar-refractivity contribution in [3.8, 4) is 0 Å². The average Bonchev–Trinajstić information content (AvgIpc) is 2.61. The van der Waals surface area contributed by atoms with Gasteiger partial charge >= 0.3 is 5.97 Å². The molecule has 2 saturated heterocycles. The van der Waals surface area contributed by atoms with Crippen LogP contribution in [0, 0.1) is 0 Å². The number of carboxylic acids is 1. The van der Waals surface area contributed by atoms with Gasteiger partial charge in [-0.3, -0.25) is 4.79 Å². The fraction of sp³-hybridized carbons (Fsp3) is 0.818. The highest BCUT2D eigenvalue weighted by atomic mass is 16.5. The fourth-order valence-corrected chi connectivity index (χ4v) is 2.42. The first kappa shape index (κ1) is 12.3. The summed E-state index contributed by atoms with van der Waals surface area (Å²) in [5.41, 5.74) is 0. The molecule has 6 heteroatoms. The minimum absolute atomic E-state index is 0.0716. The third-order valence-electron chi connectivity index (χ3n) is 3.36. The van der Waals surface area contributed by atoms with Crippen LogP contribution in [0.1, 0.15) is 12.8 Å². The van der Waals surface area contributed by atoms with Crippen LogP contribution in [0.4, 0.5) is 0 Å². The Kier molecular flexibility index (Phi) is 3.63. The van der Waals surface area contributed by atoms with Gasteiger partial charge in [0.25, 0.3) is 0 Å². The van der Waals surface area contributed by atoms with E-state index in [-0.39, 0.29) is 12.0 Å². The van der Waals surface area contributed by atoms with E-state index in [0.29, 0.717) is 26.0 Å². The Hall–Kier alpha value is -1.14. The molecule has 0 aliphatic carbocycles. The maximum atomic E-state index is 11.6.